The first-order chi connectivity index (χ1) is 13.4. The molecule has 0 spiro atoms. The first kappa shape index (κ1) is 17.9. The van der Waals surface area contributed by atoms with Gasteiger partial charge in [0, 0.05) is 24.4 Å². The second-order valence-electron chi connectivity index (χ2n) is 9.65. The van der Waals surface area contributed by atoms with Crippen LogP contribution in [0.15, 0.2) is 24.3 Å². The summed E-state index contributed by atoms with van der Waals surface area (Å²) in [5, 5.41) is 3.27. The Morgan fingerprint density at radius 3 is 2.18 bits per heavy atom. The molecule has 1 saturated heterocycles. The Bertz CT molecular complexity index is 795. The molecule has 1 aromatic rings. The first-order valence-corrected chi connectivity index (χ1v) is 10.7. The molecular formula is C23H28N2O3. The van der Waals surface area contributed by atoms with E-state index in [1.807, 2.05) is 0 Å². The summed E-state index contributed by atoms with van der Waals surface area (Å²) < 4.78 is 0. The van der Waals surface area contributed by atoms with E-state index in [1.165, 1.54) is 43.4 Å². The van der Waals surface area contributed by atoms with Crippen molar-refractivity contribution in [3.63, 3.8) is 0 Å². The zero-order chi connectivity index (χ0) is 19.5. The second-order valence-corrected chi connectivity index (χ2v) is 9.65. The van der Waals surface area contributed by atoms with Crippen molar-refractivity contribution in [2.75, 3.05) is 4.90 Å². The minimum absolute atomic E-state index is 0.107. The van der Waals surface area contributed by atoms with Crippen LogP contribution in [0.4, 0.5) is 5.69 Å². The van der Waals surface area contributed by atoms with Gasteiger partial charge in [0.05, 0.1) is 5.69 Å². The molecule has 3 amide bonds. The van der Waals surface area contributed by atoms with Crippen LogP contribution in [0.25, 0.3) is 0 Å². The number of imide groups is 1. The highest BCUT2D eigenvalue weighted by atomic mass is 16.2. The standard InChI is InChI=1S/C23H28N2O3/c1-14(23-11-15-7-16(12-23)9-17(8-15)13-23)24-22(28)18-3-2-4-19(10-18)25-20(26)5-6-21(25)27/h2-4,10,14-17H,5-9,11-13H2,1H3,(H,24,28). The average molecular weight is 380 g/mol. The Morgan fingerprint density at radius 1 is 1.04 bits per heavy atom. The van der Waals surface area contributed by atoms with Gasteiger partial charge >= 0.3 is 0 Å². The van der Waals surface area contributed by atoms with E-state index in [0.29, 0.717) is 11.3 Å². The smallest absolute Gasteiger partial charge is 0.251 e. The number of carbonyl (C=O) groups excluding carboxylic acids is 3. The quantitative estimate of drug-likeness (QED) is 0.811. The monoisotopic (exact) mass is 380 g/mol. The van der Waals surface area contributed by atoms with E-state index in [4.69, 9.17) is 0 Å². The molecule has 148 valence electrons. The lowest BCUT2D eigenvalue weighted by Crippen LogP contribution is -2.55. The number of carbonyl (C=O) groups is 3. The van der Waals surface area contributed by atoms with Gasteiger partial charge in [0.2, 0.25) is 11.8 Å². The number of benzene rings is 1. The van der Waals surface area contributed by atoms with Crippen LogP contribution in [0.5, 0.6) is 0 Å². The summed E-state index contributed by atoms with van der Waals surface area (Å²) in [7, 11) is 0. The van der Waals surface area contributed by atoms with E-state index in [9.17, 15) is 14.4 Å². The maximum absolute atomic E-state index is 13.0. The first-order valence-electron chi connectivity index (χ1n) is 10.7. The largest absolute Gasteiger partial charge is 0.349 e. The number of hydrogen-bond acceptors (Lipinski definition) is 3. The van der Waals surface area contributed by atoms with Gasteiger partial charge < -0.3 is 5.32 Å². The third kappa shape index (κ3) is 2.87. The molecule has 1 aliphatic heterocycles. The molecule has 4 bridgehead atoms. The normalized spacial score (nSPS) is 34.8. The molecular weight excluding hydrogens is 352 g/mol. The Morgan fingerprint density at radius 2 is 1.61 bits per heavy atom. The number of rotatable bonds is 4. The van der Waals surface area contributed by atoms with Gasteiger partial charge in [-0.3, -0.25) is 19.3 Å². The molecule has 28 heavy (non-hydrogen) atoms. The number of amides is 3. The third-order valence-electron chi connectivity index (χ3n) is 7.77. The fourth-order valence-electron chi connectivity index (χ4n) is 6.79. The Balaban J connectivity index is 1.33. The molecule has 1 heterocycles. The van der Waals surface area contributed by atoms with Crippen molar-refractivity contribution in [2.45, 2.75) is 64.3 Å². The van der Waals surface area contributed by atoms with Crippen LogP contribution in [0.2, 0.25) is 0 Å². The zero-order valence-electron chi connectivity index (χ0n) is 16.4. The number of anilines is 1. The maximum Gasteiger partial charge on any atom is 0.251 e. The summed E-state index contributed by atoms with van der Waals surface area (Å²) in [6.07, 6.45) is 8.40. The van der Waals surface area contributed by atoms with E-state index < -0.39 is 0 Å². The van der Waals surface area contributed by atoms with Crippen LogP contribution in [-0.2, 0) is 9.59 Å². The molecule has 5 heteroatoms. The van der Waals surface area contributed by atoms with Gasteiger partial charge in [-0.2, -0.15) is 0 Å². The number of nitrogens with zero attached hydrogens (tertiary/aromatic N) is 1. The topological polar surface area (TPSA) is 66.5 Å². The van der Waals surface area contributed by atoms with E-state index in [-0.39, 0.29) is 42.0 Å². The minimum atomic E-state index is -0.190. The lowest BCUT2D eigenvalue weighted by molar-refractivity contribution is -0.121. The van der Waals surface area contributed by atoms with Gasteiger partial charge in [0.1, 0.15) is 0 Å². The highest BCUT2D eigenvalue weighted by Crippen LogP contribution is 2.61. The molecule has 6 rings (SSSR count). The molecule has 1 atom stereocenters. The summed E-state index contributed by atoms with van der Waals surface area (Å²) >= 11 is 0. The fourth-order valence-corrected chi connectivity index (χ4v) is 6.79. The van der Waals surface area contributed by atoms with Crippen LogP contribution < -0.4 is 10.2 Å². The Labute approximate surface area is 165 Å². The van der Waals surface area contributed by atoms with Crippen LogP contribution in [0.1, 0.15) is 68.6 Å². The second kappa shape index (κ2) is 6.43. The van der Waals surface area contributed by atoms with E-state index in [0.717, 1.165) is 17.8 Å². The summed E-state index contributed by atoms with van der Waals surface area (Å²) in [5.41, 5.74) is 1.27. The van der Waals surface area contributed by atoms with Crippen molar-refractivity contribution in [3.8, 4) is 0 Å². The van der Waals surface area contributed by atoms with Crippen molar-refractivity contribution >= 4 is 23.4 Å². The predicted molar refractivity (Wildman–Crippen MR) is 106 cm³/mol. The van der Waals surface area contributed by atoms with Crippen LogP contribution in [0.3, 0.4) is 0 Å². The highest BCUT2D eigenvalue weighted by Gasteiger charge is 2.53. The van der Waals surface area contributed by atoms with Gasteiger partial charge in [0.15, 0.2) is 0 Å². The van der Waals surface area contributed by atoms with Crippen LogP contribution >= 0.6 is 0 Å². The van der Waals surface area contributed by atoms with Gasteiger partial charge in [-0.05, 0) is 86.8 Å². The summed E-state index contributed by atoms with van der Waals surface area (Å²) in [4.78, 5) is 38.2. The summed E-state index contributed by atoms with van der Waals surface area (Å²) in [6, 6.07) is 7.05. The van der Waals surface area contributed by atoms with E-state index in [1.54, 1.807) is 24.3 Å². The summed E-state index contributed by atoms with van der Waals surface area (Å²) in [5.74, 6) is 2.06. The average Bonchev–Trinajstić information content (AvgIpc) is 2.99. The van der Waals surface area contributed by atoms with Crippen molar-refractivity contribution < 1.29 is 14.4 Å². The van der Waals surface area contributed by atoms with Crippen LogP contribution in [0, 0.1) is 23.2 Å². The number of hydrogen-bond donors (Lipinski definition) is 1. The minimum Gasteiger partial charge on any atom is -0.349 e. The molecule has 0 radical (unpaired) electrons. The highest BCUT2D eigenvalue weighted by molar-refractivity contribution is 6.20. The summed E-state index contributed by atoms with van der Waals surface area (Å²) in [6.45, 7) is 2.17. The Kier molecular flexibility index (Phi) is 4.11. The van der Waals surface area contributed by atoms with E-state index >= 15 is 0 Å². The molecule has 1 N–H and O–H groups in total. The van der Waals surface area contributed by atoms with Crippen molar-refractivity contribution in [1.82, 2.24) is 5.32 Å². The molecule has 4 aliphatic carbocycles. The Hall–Kier alpha value is -2.17. The molecule has 5 fully saturated rings. The van der Waals surface area contributed by atoms with Crippen molar-refractivity contribution in [2.24, 2.45) is 23.2 Å². The van der Waals surface area contributed by atoms with Crippen molar-refractivity contribution in [3.05, 3.63) is 29.8 Å². The number of nitrogens with one attached hydrogen (secondary N) is 1. The third-order valence-corrected chi connectivity index (χ3v) is 7.77. The molecule has 1 unspecified atom stereocenters. The zero-order valence-corrected chi connectivity index (χ0v) is 16.4. The van der Waals surface area contributed by atoms with Gasteiger partial charge in [0.25, 0.3) is 5.91 Å². The molecule has 0 aromatic heterocycles. The fraction of sp³-hybridized carbons (Fsp3) is 0.609. The van der Waals surface area contributed by atoms with Gasteiger partial charge in [-0.25, -0.2) is 0 Å². The lowest BCUT2D eigenvalue weighted by Gasteiger charge is -2.59. The van der Waals surface area contributed by atoms with Gasteiger partial charge in [-0.15, -0.1) is 0 Å². The molecule has 5 aliphatic rings. The maximum atomic E-state index is 13.0. The van der Waals surface area contributed by atoms with Crippen molar-refractivity contribution in [1.29, 1.82) is 0 Å². The lowest BCUT2D eigenvalue weighted by atomic mass is 9.48. The molecule has 1 aromatic carbocycles. The van der Waals surface area contributed by atoms with Gasteiger partial charge in [-0.1, -0.05) is 6.07 Å². The van der Waals surface area contributed by atoms with E-state index in [2.05, 4.69) is 12.2 Å². The molecule has 4 saturated carbocycles. The SMILES string of the molecule is CC(NC(=O)c1cccc(N2C(=O)CCC2=O)c1)C12CC3CC(CC(C3)C1)C2. The molecule has 5 nitrogen and oxygen atoms in total. The van der Waals surface area contributed by atoms with Crippen LogP contribution in [-0.4, -0.2) is 23.8 Å². The predicted octanol–water partition coefficient (Wildman–Crippen LogP) is 3.67.